The lowest BCUT2D eigenvalue weighted by atomic mass is 10.3. The summed E-state index contributed by atoms with van der Waals surface area (Å²) in [4.78, 5) is 18.0. The maximum atomic E-state index is 11.8. The summed E-state index contributed by atoms with van der Waals surface area (Å²) >= 11 is 0. The predicted octanol–water partition coefficient (Wildman–Crippen LogP) is 0.431. The number of amides is 1. The van der Waals surface area contributed by atoms with E-state index in [9.17, 15) is 4.79 Å². The Balaban J connectivity index is 2.23. The monoisotopic (exact) mass is 266 g/mol. The average molecular weight is 266 g/mol. The molecule has 2 N–H and O–H groups in total. The summed E-state index contributed by atoms with van der Waals surface area (Å²) < 4.78 is 5.39. The fourth-order valence-electron chi connectivity index (χ4n) is 1.38. The van der Waals surface area contributed by atoms with Gasteiger partial charge in [-0.15, -0.1) is 0 Å². The highest BCUT2D eigenvalue weighted by Gasteiger charge is 2.06. The molecule has 0 aliphatic carbocycles. The van der Waals surface area contributed by atoms with Crippen LogP contribution in [-0.4, -0.2) is 63.2 Å². The Morgan fingerprint density at radius 1 is 1.37 bits per heavy atom. The van der Waals surface area contributed by atoms with E-state index in [1.807, 2.05) is 19.0 Å². The first-order valence-corrected chi connectivity index (χ1v) is 6.29. The highest BCUT2D eigenvalue weighted by molar-refractivity contribution is 5.92. The lowest BCUT2D eigenvalue weighted by Gasteiger charge is -2.10. The van der Waals surface area contributed by atoms with Gasteiger partial charge in [-0.2, -0.15) is 0 Å². The average Bonchev–Trinajstić information content (AvgIpc) is 2.42. The van der Waals surface area contributed by atoms with Crippen molar-refractivity contribution in [3.05, 3.63) is 23.9 Å². The minimum atomic E-state index is -0.187. The molecule has 1 aromatic heterocycles. The minimum absolute atomic E-state index is 0.187. The normalized spacial score (nSPS) is 10.5. The molecular formula is C13H22N4O2. The Labute approximate surface area is 114 Å². The quantitative estimate of drug-likeness (QED) is 0.668. The highest BCUT2D eigenvalue weighted by atomic mass is 16.5. The van der Waals surface area contributed by atoms with Crippen LogP contribution in [0.25, 0.3) is 0 Å². The van der Waals surface area contributed by atoms with Crippen LogP contribution in [0.4, 0.5) is 5.82 Å². The molecule has 106 valence electrons. The summed E-state index contributed by atoms with van der Waals surface area (Å²) in [7, 11) is 5.75. The molecule has 0 saturated carbocycles. The summed E-state index contributed by atoms with van der Waals surface area (Å²) in [5.74, 6) is 0.489. The van der Waals surface area contributed by atoms with Gasteiger partial charge in [-0.3, -0.25) is 4.79 Å². The van der Waals surface area contributed by atoms with Gasteiger partial charge in [0.05, 0.1) is 13.2 Å². The molecule has 0 unspecified atom stereocenters. The first kappa shape index (κ1) is 15.4. The molecule has 19 heavy (non-hydrogen) atoms. The Morgan fingerprint density at radius 2 is 2.16 bits per heavy atom. The van der Waals surface area contributed by atoms with Gasteiger partial charge in [-0.25, -0.2) is 4.98 Å². The molecule has 0 fully saturated rings. The number of hydrogen-bond acceptors (Lipinski definition) is 5. The van der Waals surface area contributed by atoms with Crippen molar-refractivity contribution in [1.82, 2.24) is 15.2 Å². The number of hydrogen-bond donors (Lipinski definition) is 2. The maximum absolute atomic E-state index is 11.8. The zero-order valence-electron chi connectivity index (χ0n) is 11.8. The van der Waals surface area contributed by atoms with Crippen molar-refractivity contribution < 1.29 is 9.53 Å². The van der Waals surface area contributed by atoms with Gasteiger partial charge >= 0.3 is 0 Å². The van der Waals surface area contributed by atoms with Gasteiger partial charge < -0.3 is 20.3 Å². The largest absolute Gasteiger partial charge is 0.378 e. The lowest BCUT2D eigenvalue weighted by molar-refractivity contribution is 0.0896. The summed E-state index contributed by atoms with van der Waals surface area (Å²) in [5, 5.41) is 5.67. The van der Waals surface area contributed by atoms with Crippen molar-refractivity contribution >= 4 is 11.7 Å². The zero-order chi connectivity index (χ0) is 14.1. The van der Waals surface area contributed by atoms with Crippen molar-refractivity contribution in [2.24, 2.45) is 0 Å². The Morgan fingerprint density at radius 3 is 2.84 bits per heavy atom. The number of carbonyl (C=O) groups excluding carboxylic acids is 1. The first-order chi connectivity index (χ1) is 9.13. The van der Waals surface area contributed by atoms with Crippen LogP contribution < -0.4 is 10.6 Å². The summed E-state index contributed by atoms with van der Waals surface area (Å²) in [6.45, 7) is 2.53. The molecule has 0 aliphatic heterocycles. The van der Waals surface area contributed by atoms with Crippen molar-refractivity contribution in [2.75, 3.05) is 52.8 Å². The number of anilines is 1. The molecule has 0 radical (unpaired) electrons. The molecule has 6 nitrogen and oxygen atoms in total. The van der Waals surface area contributed by atoms with Gasteiger partial charge in [0.1, 0.15) is 11.5 Å². The van der Waals surface area contributed by atoms with Crippen LogP contribution in [0.15, 0.2) is 18.2 Å². The van der Waals surface area contributed by atoms with Crippen LogP contribution >= 0.6 is 0 Å². The molecule has 6 heteroatoms. The highest BCUT2D eigenvalue weighted by Crippen LogP contribution is 2.03. The Bertz CT molecular complexity index is 396. The molecular weight excluding hydrogens is 244 g/mol. The third kappa shape index (κ3) is 6.17. The standard InChI is InChI=1S/C13H22N4O2/c1-14-12-6-4-5-11(16-12)13(18)15-7-9-19-10-8-17(2)3/h4-6H,7-10H2,1-3H3,(H,14,16)(H,15,18). The number of likely N-dealkylation sites (N-methyl/N-ethyl adjacent to an activating group) is 1. The van der Waals surface area contributed by atoms with E-state index >= 15 is 0 Å². The van der Waals surface area contributed by atoms with Crippen LogP contribution in [0.3, 0.4) is 0 Å². The maximum Gasteiger partial charge on any atom is 0.270 e. The number of rotatable bonds is 8. The van der Waals surface area contributed by atoms with Gasteiger partial charge in [0.2, 0.25) is 0 Å². The Hall–Kier alpha value is -1.66. The van der Waals surface area contributed by atoms with E-state index in [0.29, 0.717) is 31.3 Å². The van der Waals surface area contributed by atoms with Crippen LogP contribution in [-0.2, 0) is 4.74 Å². The molecule has 0 spiro atoms. The molecule has 1 aromatic rings. The SMILES string of the molecule is CNc1cccc(C(=O)NCCOCCN(C)C)n1. The van der Waals surface area contributed by atoms with E-state index in [-0.39, 0.29) is 5.91 Å². The first-order valence-electron chi connectivity index (χ1n) is 6.29. The molecule has 0 saturated heterocycles. The zero-order valence-corrected chi connectivity index (χ0v) is 11.8. The molecule has 1 rings (SSSR count). The van der Waals surface area contributed by atoms with Crippen LogP contribution in [0.1, 0.15) is 10.5 Å². The summed E-state index contributed by atoms with van der Waals surface area (Å²) in [5.41, 5.74) is 0.403. The van der Waals surface area contributed by atoms with E-state index < -0.39 is 0 Å². The van der Waals surface area contributed by atoms with Gasteiger partial charge in [0, 0.05) is 20.1 Å². The number of carbonyl (C=O) groups is 1. The molecule has 0 aliphatic rings. The van der Waals surface area contributed by atoms with E-state index in [4.69, 9.17) is 4.74 Å². The third-order valence-corrected chi connectivity index (χ3v) is 2.45. The number of nitrogens with one attached hydrogen (secondary N) is 2. The summed E-state index contributed by atoms with van der Waals surface area (Å²) in [6, 6.07) is 5.28. The predicted molar refractivity (Wildman–Crippen MR) is 75.5 cm³/mol. The van der Waals surface area contributed by atoms with E-state index in [0.717, 1.165) is 6.54 Å². The number of aromatic nitrogens is 1. The topological polar surface area (TPSA) is 66.5 Å². The third-order valence-electron chi connectivity index (χ3n) is 2.45. The number of pyridine rings is 1. The minimum Gasteiger partial charge on any atom is -0.378 e. The van der Waals surface area contributed by atoms with Gasteiger partial charge in [-0.05, 0) is 26.2 Å². The van der Waals surface area contributed by atoms with Gasteiger partial charge in [-0.1, -0.05) is 6.07 Å². The second-order valence-corrected chi connectivity index (χ2v) is 4.33. The molecule has 1 heterocycles. The lowest BCUT2D eigenvalue weighted by Crippen LogP contribution is -2.29. The summed E-state index contributed by atoms with van der Waals surface area (Å²) in [6.07, 6.45) is 0. The van der Waals surface area contributed by atoms with Gasteiger partial charge in [0.15, 0.2) is 0 Å². The van der Waals surface area contributed by atoms with Crippen LogP contribution in [0.5, 0.6) is 0 Å². The van der Waals surface area contributed by atoms with Crippen molar-refractivity contribution in [3.8, 4) is 0 Å². The van der Waals surface area contributed by atoms with Crippen molar-refractivity contribution in [3.63, 3.8) is 0 Å². The second-order valence-electron chi connectivity index (χ2n) is 4.33. The van der Waals surface area contributed by atoms with Gasteiger partial charge in [0.25, 0.3) is 5.91 Å². The molecule has 0 bridgehead atoms. The van der Waals surface area contributed by atoms with Crippen LogP contribution in [0.2, 0.25) is 0 Å². The fraction of sp³-hybridized carbons (Fsp3) is 0.538. The number of ether oxygens (including phenoxy) is 1. The molecule has 0 atom stereocenters. The van der Waals surface area contributed by atoms with E-state index in [1.165, 1.54) is 0 Å². The van der Waals surface area contributed by atoms with Crippen molar-refractivity contribution in [1.29, 1.82) is 0 Å². The van der Waals surface area contributed by atoms with Crippen LogP contribution in [0, 0.1) is 0 Å². The second kappa shape index (κ2) is 8.44. The van der Waals surface area contributed by atoms with E-state index in [1.54, 1.807) is 25.2 Å². The number of nitrogens with zero attached hydrogens (tertiary/aromatic N) is 2. The van der Waals surface area contributed by atoms with E-state index in [2.05, 4.69) is 15.6 Å². The van der Waals surface area contributed by atoms with Crippen molar-refractivity contribution in [2.45, 2.75) is 0 Å². The smallest absolute Gasteiger partial charge is 0.270 e. The molecule has 0 aromatic carbocycles. The fourth-order valence-corrected chi connectivity index (χ4v) is 1.38. The Kier molecular flexibility index (Phi) is 6.84. The molecule has 1 amide bonds.